The van der Waals surface area contributed by atoms with Crippen molar-refractivity contribution >= 4 is 18.4 Å². The largest absolute Gasteiger partial charge is 0.299 e. The number of rotatable bonds is 0. The summed E-state index contributed by atoms with van der Waals surface area (Å²) in [7, 11) is 0. The molecule has 21 heavy (non-hydrogen) atoms. The molecule has 0 aromatic heterocycles. The second kappa shape index (κ2) is 4.76. The predicted octanol–water partition coefficient (Wildman–Crippen LogP) is 4.90. The van der Waals surface area contributed by atoms with E-state index in [9.17, 15) is 4.79 Å². The first-order valence-electron chi connectivity index (χ1n) is 9.16. The third-order valence-electron chi connectivity index (χ3n) is 8.35. The topological polar surface area (TPSA) is 17.1 Å². The minimum absolute atomic E-state index is 0.0467. The van der Waals surface area contributed by atoms with E-state index in [4.69, 9.17) is 12.6 Å². The van der Waals surface area contributed by atoms with Gasteiger partial charge in [-0.2, -0.15) is 12.6 Å². The summed E-state index contributed by atoms with van der Waals surface area (Å²) in [4.78, 5) is 12.4. The van der Waals surface area contributed by atoms with Crippen molar-refractivity contribution in [3.05, 3.63) is 0 Å². The molecule has 0 heterocycles. The molecular formula is C19H30OS. The Bertz CT molecular complexity index is 460. The zero-order valence-electron chi connectivity index (χ0n) is 13.6. The smallest absolute Gasteiger partial charge is 0.139 e. The van der Waals surface area contributed by atoms with Gasteiger partial charge >= 0.3 is 0 Å². The van der Waals surface area contributed by atoms with Gasteiger partial charge in [0.15, 0.2) is 0 Å². The maximum atomic E-state index is 12.4. The molecule has 0 bridgehead atoms. The molecule has 4 saturated carbocycles. The number of fused-ring (bicyclic) bond motifs is 5. The van der Waals surface area contributed by atoms with Crippen molar-refractivity contribution in [2.75, 3.05) is 0 Å². The fourth-order valence-corrected chi connectivity index (χ4v) is 7.39. The number of carbonyl (C=O) groups is 1. The fourth-order valence-electron chi connectivity index (χ4n) is 7.01. The second-order valence-electron chi connectivity index (χ2n) is 9.00. The average Bonchev–Trinajstić information content (AvgIpc) is 2.76. The van der Waals surface area contributed by atoms with Gasteiger partial charge in [0, 0.05) is 17.1 Å². The van der Waals surface area contributed by atoms with Gasteiger partial charge < -0.3 is 0 Å². The molecule has 7 atom stereocenters. The van der Waals surface area contributed by atoms with E-state index >= 15 is 0 Å². The van der Waals surface area contributed by atoms with Gasteiger partial charge in [0.2, 0.25) is 0 Å². The van der Waals surface area contributed by atoms with Gasteiger partial charge in [-0.05, 0) is 80.5 Å². The molecule has 0 aromatic rings. The quantitative estimate of drug-likeness (QED) is 0.630. The van der Waals surface area contributed by atoms with Crippen molar-refractivity contribution in [1.82, 2.24) is 0 Å². The summed E-state index contributed by atoms with van der Waals surface area (Å²) in [5.41, 5.74) is 0.597. The molecule has 2 heteroatoms. The van der Waals surface area contributed by atoms with Gasteiger partial charge in [-0.1, -0.05) is 13.8 Å². The van der Waals surface area contributed by atoms with Crippen LogP contribution in [0.2, 0.25) is 0 Å². The Balaban J connectivity index is 1.64. The highest BCUT2D eigenvalue weighted by Gasteiger charge is 2.59. The third kappa shape index (κ3) is 1.93. The van der Waals surface area contributed by atoms with E-state index in [1.54, 1.807) is 0 Å². The lowest BCUT2D eigenvalue weighted by molar-refractivity contribution is -0.138. The van der Waals surface area contributed by atoms with Gasteiger partial charge in [-0.3, -0.25) is 4.79 Å². The molecule has 1 nitrogen and oxygen atoms in total. The van der Waals surface area contributed by atoms with Crippen LogP contribution in [-0.2, 0) is 4.79 Å². The van der Waals surface area contributed by atoms with Crippen LogP contribution in [0.1, 0.15) is 71.6 Å². The Morgan fingerprint density at radius 1 is 1.00 bits per heavy atom. The molecule has 4 aliphatic rings. The van der Waals surface area contributed by atoms with E-state index < -0.39 is 0 Å². The van der Waals surface area contributed by atoms with Crippen molar-refractivity contribution in [2.45, 2.75) is 76.9 Å². The summed E-state index contributed by atoms with van der Waals surface area (Å²) in [5, 5.41) is 0.640. The first-order valence-corrected chi connectivity index (χ1v) is 9.68. The van der Waals surface area contributed by atoms with Crippen molar-refractivity contribution < 1.29 is 4.79 Å². The number of Topliss-reactive ketones (excluding diaryl/α,β-unsaturated/α-hetero) is 1. The highest BCUT2D eigenvalue weighted by molar-refractivity contribution is 7.80. The minimum Gasteiger partial charge on any atom is -0.299 e. The fraction of sp³-hybridized carbons (Fsp3) is 0.947. The number of hydrogen-bond acceptors (Lipinski definition) is 2. The van der Waals surface area contributed by atoms with Gasteiger partial charge in [-0.15, -0.1) is 0 Å². The van der Waals surface area contributed by atoms with Crippen LogP contribution in [0.4, 0.5) is 0 Å². The monoisotopic (exact) mass is 306 g/mol. The van der Waals surface area contributed by atoms with E-state index in [1.165, 1.54) is 51.4 Å². The Hall–Kier alpha value is 0.0200. The summed E-state index contributed by atoms with van der Waals surface area (Å²) in [6.45, 7) is 4.88. The van der Waals surface area contributed by atoms with Crippen molar-refractivity contribution in [3.8, 4) is 0 Å². The van der Waals surface area contributed by atoms with Crippen LogP contribution in [-0.4, -0.2) is 11.0 Å². The van der Waals surface area contributed by atoms with Gasteiger partial charge in [0.1, 0.15) is 5.78 Å². The van der Waals surface area contributed by atoms with Gasteiger partial charge in [-0.25, -0.2) is 0 Å². The first kappa shape index (κ1) is 14.6. The molecule has 0 amide bonds. The summed E-state index contributed by atoms with van der Waals surface area (Å²) in [6.07, 6.45) is 11.3. The summed E-state index contributed by atoms with van der Waals surface area (Å²) >= 11 is 4.77. The van der Waals surface area contributed by atoms with E-state index in [0.717, 1.165) is 24.2 Å². The molecule has 0 radical (unpaired) electrons. The lowest BCUT2D eigenvalue weighted by atomic mass is 9.45. The molecule has 0 N–H and O–H groups in total. The van der Waals surface area contributed by atoms with E-state index in [2.05, 4.69) is 13.8 Å². The molecule has 4 rings (SSSR count). The third-order valence-corrected chi connectivity index (χ3v) is 8.82. The molecular weight excluding hydrogens is 276 g/mol. The first-order chi connectivity index (χ1) is 9.95. The van der Waals surface area contributed by atoms with Crippen LogP contribution in [0.15, 0.2) is 0 Å². The summed E-state index contributed by atoms with van der Waals surface area (Å²) < 4.78 is 0. The zero-order valence-corrected chi connectivity index (χ0v) is 14.5. The molecule has 0 unspecified atom stereocenters. The highest BCUT2D eigenvalue weighted by Crippen LogP contribution is 2.65. The SMILES string of the molecule is C[C@]12CC[C@H](S)C[C@H]1CC[C@@H]1[C@@H]2CC[C@]2(C)C(=O)CC[C@@H]12. The Morgan fingerprint density at radius 2 is 1.81 bits per heavy atom. The Kier molecular flexibility index (Phi) is 3.31. The summed E-state index contributed by atoms with van der Waals surface area (Å²) in [5.74, 6) is 3.91. The number of carbonyl (C=O) groups excluding carboxylic acids is 1. The van der Waals surface area contributed by atoms with Crippen LogP contribution in [0, 0.1) is 34.5 Å². The van der Waals surface area contributed by atoms with Crippen molar-refractivity contribution in [2.24, 2.45) is 34.5 Å². The molecule has 0 saturated heterocycles. The summed E-state index contributed by atoms with van der Waals surface area (Å²) in [6, 6.07) is 0. The van der Waals surface area contributed by atoms with Crippen LogP contribution >= 0.6 is 12.6 Å². The van der Waals surface area contributed by atoms with Gasteiger partial charge in [0.25, 0.3) is 0 Å². The molecule has 0 aromatic carbocycles. The Labute approximate surface area is 135 Å². The van der Waals surface area contributed by atoms with Crippen LogP contribution < -0.4 is 0 Å². The molecule has 0 spiro atoms. The number of hydrogen-bond donors (Lipinski definition) is 1. The normalized spacial score (nSPS) is 56.5. The lowest BCUT2D eigenvalue weighted by Gasteiger charge is -2.60. The van der Waals surface area contributed by atoms with Crippen molar-refractivity contribution in [3.63, 3.8) is 0 Å². The lowest BCUT2D eigenvalue weighted by Crippen LogP contribution is -2.53. The van der Waals surface area contributed by atoms with Gasteiger partial charge in [0.05, 0.1) is 0 Å². The maximum absolute atomic E-state index is 12.4. The number of ketones is 1. The highest BCUT2D eigenvalue weighted by atomic mass is 32.1. The molecule has 0 aliphatic heterocycles. The van der Waals surface area contributed by atoms with Crippen LogP contribution in [0.3, 0.4) is 0 Å². The minimum atomic E-state index is 0.0467. The molecule has 4 fully saturated rings. The standard InChI is InChI=1S/C19H30OS/c1-18-9-7-13(21)11-12(18)3-4-14-15-5-6-17(20)19(15,2)10-8-16(14)18/h12-16,21H,3-11H2,1-2H3/t12-,13+,14+,15+,16+,18+,19+/m1/s1. The Morgan fingerprint density at radius 3 is 2.62 bits per heavy atom. The van der Waals surface area contributed by atoms with E-state index in [0.29, 0.717) is 22.4 Å². The predicted molar refractivity (Wildman–Crippen MR) is 89.5 cm³/mol. The molecule has 118 valence electrons. The van der Waals surface area contributed by atoms with Crippen molar-refractivity contribution in [1.29, 1.82) is 0 Å². The molecule has 4 aliphatic carbocycles. The van der Waals surface area contributed by atoms with E-state index in [-0.39, 0.29) is 5.41 Å². The van der Waals surface area contributed by atoms with Crippen LogP contribution in [0.25, 0.3) is 0 Å². The van der Waals surface area contributed by atoms with E-state index in [1.807, 2.05) is 0 Å². The average molecular weight is 307 g/mol. The maximum Gasteiger partial charge on any atom is 0.139 e. The zero-order chi connectivity index (χ0) is 14.8. The number of thiol groups is 1. The van der Waals surface area contributed by atoms with Crippen LogP contribution in [0.5, 0.6) is 0 Å². The second-order valence-corrected chi connectivity index (χ2v) is 9.73.